The average Bonchev–Trinajstić information content (AvgIpc) is 2.84. The van der Waals surface area contributed by atoms with Crippen LogP contribution in [0.5, 0.6) is 11.5 Å². The van der Waals surface area contributed by atoms with Crippen LogP contribution >= 0.6 is 24.0 Å². The van der Waals surface area contributed by atoms with Crippen LogP contribution in [0.2, 0.25) is 0 Å². The maximum atomic E-state index is 12.3. The second-order valence-electron chi connectivity index (χ2n) is 4.90. The van der Waals surface area contributed by atoms with Gasteiger partial charge in [-0.05, 0) is 12.1 Å². The Balaban J connectivity index is 1.93. The third-order valence-corrected chi connectivity index (χ3v) is 5.08. The second kappa shape index (κ2) is 4.86. The van der Waals surface area contributed by atoms with Gasteiger partial charge in [-0.15, -0.1) is 0 Å². The van der Waals surface area contributed by atoms with Gasteiger partial charge in [0.05, 0.1) is 11.8 Å². The molecule has 2 heterocycles. The fourth-order valence-electron chi connectivity index (χ4n) is 2.78. The number of carbonyl (C=O) groups excluding carboxylic acids is 1. The highest BCUT2D eigenvalue weighted by Gasteiger charge is 2.39. The van der Waals surface area contributed by atoms with Crippen molar-refractivity contribution in [2.45, 2.75) is 6.04 Å². The summed E-state index contributed by atoms with van der Waals surface area (Å²) in [5.74, 6) is 2.05. The van der Waals surface area contributed by atoms with Crippen molar-refractivity contribution in [3.05, 3.63) is 59.7 Å². The van der Waals surface area contributed by atoms with Gasteiger partial charge in [0.1, 0.15) is 15.8 Å². The van der Waals surface area contributed by atoms with Gasteiger partial charge in [-0.1, -0.05) is 60.4 Å². The molecule has 1 fully saturated rings. The first-order chi connectivity index (χ1) is 10.3. The van der Waals surface area contributed by atoms with Crippen LogP contribution in [0.1, 0.15) is 17.2 Å². The lowest BCUT2D eigenvalue weighted by Crippen LogP contribution is -2.35. The molecule has 2 aromatic carbocycles. The molecule has 4 rings (SSSR count). The molecule has 0 bridgehead atoms. The molecule has 0 spiro atoms. The molecule has 1 amide bonds. The molecule has 2 aromatic rings. The number of hydrogen-bond acceptors (Lipinski definition) is 4. The Morgan fingerprint density at radius 2 is 1.62 bits per heavy atom. The molecule has 2 aliphatic rings. The van der Waals surface area contributed by atoms with Crippen molar-refractivity contribution in [3.63, 3.8) is 0 Å². The Kier molecular flexibility index (Phi) is 2.97. The Morgan fingerprint density at radius 3 is 2.14 bits per heavy atom. The van der Waals surface area contributed by atoms with Crippen molar-refractivity contribution in [2.75, 3.05) is 5.75 Å². The molecular weight excluding hydrogens is 302 g/mol. The molecule has 0 saturated carbocycles. The number of rotatable bonds is 1. The largest absolute Gasteiger partial charge is 0.457 e. The summed E-state index contributed by atoms with van der Waals surface area (Å²) in [5, 5.41) is 0. The third kappa shape index (κ3) is 1.96. The monoisotopic (exact) mass is 313 g/mol. The minimum absolute atomic E-state index is 0.0570. The molecule has 0 aromatic heterocycles. The molecule has 0 unspecified atom stereocenters. The van der Waals surface area contributed by atoms with Gasteiger partial charge in [0, 0.05) is 11.1 Å². The maximum Gasteiger partial charge on any atom is 0.239 e. The quantitative estimate of drug-likeness (QED) is 0.750. The number of hydrogen-bond donors (Lipinski definition) is 0. The maximum absolute atomic E-state index is 12.3. The second-order valence-corrected chi connectivity index (χ2v) is 6.51. The molecule has 0 N–H and O–H groups in total. The molecule has 3 nitrogen and oxygen atoms in total. The van der Waals surface area contributed by atoms with Crippen LogP contribution in [-0.4, -0.2) is 20.9 Å². The van der Waals surface area contributed by atoms with Crippen LogP contribution in [0.4, 0.5) is 0 Å². The highest BCUT2D eigenvalue weighted by Crippen LogP contribution is 2.47. The van der Waals surface area contributed by atoms with E-state index in [1.54, 1.807) is 4.90 Å². The van der Waals surface area contributed by atoms with Gasteiger partial charge in [0.15, 0.2) is 0 Å². The van der Waals surface area contributed by atoms with Gasteiger partial charge in [-0.25, -0.2) is 0 Å². The Bertz CT molecular complexity index is 698. The molecule has 0 atom stereocenters. The minimum atomic E-state index is -0.193. The third-order valence-electron chi connectivity index (χ3n) is 3.69. The van der Waals surface area contributed by atoms with Gasteiger partial charge in [0.2, 0.25) is 5.91 Å². The first-order valence-corrected chi connectivity index (χ1v) is 7.99. The number of para-hydroxylation sites is 2. The lowest BCUT2D eigenvalue weighted by Gasteiger charge is -2.33. The van der Waals surface area contributed by atoms with Crippen molar-refractivity contribution in [1.82, 2.24) is 4.90 Å². The zero-order valence-corrected chi connectivity index (χ0v) is 12.6. The van der Waals surface area contributed by atoms with Crippen molar-refractivity contribution in [2.24, 2.45) is 0 Å². The number of amides is 1. The number of fused-ring (bicyclic) bond motifs is 2. The summed E-state index contributed by atoms with van der Waals surface area (Å²) >= 11 is 6.81. The topological polar surface area (TPSA) is 29.5 Å². The van der Waals surface area contributed by atoms with Gasteiger partial charge in [-0.3, -0.25) is 9.69 Å². The molecule has 104 valence electrons. The van der Waals surface area contributed by atoms with Crippen molar-refractivity contribution >= 4 is 34.2 Å². The summed E-state index contributed by atoms with van der Waals surface area (Å²) in [6.45, 7) is 0. The molecule has 0 radical (unpaired) electrons. The molecule has 21 heavy (non-hydrogen) atoms. The van der Waals surface area contributed by atoms with E-state index in [1.165, 1.54) is 11.8 Å². The summed E-state index contributed by atoms with van der Waals surface area (Å²) in [5.41, 5.74) is 1.96. The van der Waals surface area contributed by atoms with Gasteiger partial charge in [0.25, 0.3) is 0 Å². The Morgan fingerprint density at radius 1 is 1.05 bits per heavy atom. The summed E-state index contributed by atoms with van der Waals surface area (Å²) in [7, 11) is 0. The summed E-state index contributed by atoms with van der Waals surface area (Å²) in [6.07, 6.45) is 0. The zero-order valence-electron chi connectivity index (χ0n) is 11.0. The standard InChI is InChI=1S/C16H11NO2S2/c18-14-9-21-16(20)17(14)15-10-5-1-3-7-12(10)19-13-8-4-2-6-11(13)15/h1-8,15H,9H2. The van der Waals surface area contributed by atoms with Crippen molar-refractivity contribution in [1.29, 1.82) is 0 Å². The van der Waals surface area contributed by atoms with Crippen molar-refractivity contribution < 1.29 is 9.53 Å². The van der Waals surface area contributed by atoms with Crippen molar-refractivity contribution in [3.8, 4) is 11.5 Å². The lowest BCUT2D eigenvalue weighted by atomic mass is 9.93. The summed E-state index contributed by atoms with van der Waals surface area (Å²) in [6, 6.07) is 15.4. The smallest absolute Gasteiger partial charge is 0.239 e. The summed E-state index contributed by atoms with van der Waals surface area (Å²) in [4.78, 5) is 14.0. The van der Waals surface area contributed by atoms with E-state index in [0.29, 0.717) is 10.1 Å². The van der Waals surface area contributed by atoms with E-state index in [-0.39, 0.29) is 11.9 Å². The van der Waals surface area contributed by atoms with E-state index in [1.807, 2.05) is 48.5 Å². The highest BCUT2D eigenvalue weighted by molar-refractivity contribution is 8.23. The molecule has 0 aliphatic carbocycles. The number of benzene rings is 2. The van der Waals surface area contributed by atoms with E-state index in [2.05, 4.69) is 0 Å². The molecular formula is C16H11NO2S2. The van der Waals surface area contributed by atoms with Crippen LogP contribution in [0.15, 0.2) is 48.5 Å². The predicted molar refractivity (Wildman–Crippen MR) is 86.7 cm³/mol. The van der Waals surface area contributed by atoms with Crippen LogP contribution in [0, 0.1) is 0 Å². The number of thioether (sulfide) groups is 1. The number of ether oxygens (including phenoxy) is 1. The number of nitrogens with zero attached hydrogens (tertiary/aromatic N) is 1. The van der Waals surface area contributed by atoms with Crippen LogP contribution in [-0.2, 0) is 4.79 Å². The fourth-order valence-corrected chi connectivity index (χ4v) is 3.89. The molecule has 2 aliphatic heterocycles. The van der Waals surface area contributed by atoms with E-state index >= 15 is 0 Å². The predicted octanol–water partition coefficient (Wildman–Crippen LogP) is 3.74. The zero-order chi connectivity index (χ0) is 14.4. The van der Waals surface area contributed by atoms with E-state index in [4.69, 9.17) is 17.0 Å². The first kappa shape index (κ1) is 12.9. The van der Waals surface area contributed by atoms with Crippen LogP contribution in [0.3, 0.4) is 0 Å². The number of carbonyl (C=O) groups is 1. The lowest BCUT2D eigenvalue weighted by molar-refractivity contribution is -0.125. The molecule has 5 heteroatoms. The van der Waals surface area contributed by atoms with Gasteiger partial charge < -0.3 is 4.74 Å². The number of thiocarbonyl (C=S) groups is 1. The van der Waals surface area contributed by atoms with Gasteiger partial charge >= 0.3 is 0 Å². The Hall–Kier alpha value is -1.85. The van der Waals surface area contributed by atoms with Crippen LogP contribution in [0.25, 0.3) is 0 Å². The van der Waals surface area contributed by atoms with E-state index in [0.717, 1.165) is 22.6 Å². The van der Waals surface area contributed by atoms with E-state index in [9.17, 15) is 4.79 Å². The highest BCUT2D eigenvalue weighted by atomic mass is 32.2. The first-order valence-electron chi connectivity index (χ1n) is 6.60. The normalized spacial score (nSPS) is 17.4. The van der Waals surface area contributed by atoms with Crippen LogP contribution < -0.4 is 4.74 Å². The SMILES string of the molecule is O=C1CSC(=S)N1C1c2ccccc2Oc2ccccc21. The van der Waals surface area contributed by atoms with E-state index < -0.39 is 0 Å². The fraction of sp³-hybridized carbons (Fsp3) is 0.125. The molecule has 1 saturated heterocycles. The average molecular weight is 313 g/mol. The Labute approximate surface area is 131 Å². The van der Waals surface area contributed by atoms with Gasteiger partial charge in [-0.2, -0.15) is 0 Å². The summed E-state index contributed by atoms with van der Waals surface area (Å²) < 4.78 is 6.59. The minimum Gasteiger partial charge on any atom is -0.457 e.